The van der Waals surface area contributed by atoms with Gasteiger partial charge in [0.2, 0.25) is 0 Å². The Morgan fingerprint density at radius 1 is 1.44 bits per heavy atom. The summed E-state index contributed by atoms with van der Waals surface area (Å²) in [6.07, 6.45) is 7.50. The second-order valence-electron chi connectivity index (χ2n) is 4.69. The van der Waals surface area contributed by atoms with Crippen LogP contribution >= 0.6 is 0 Å². The van der Waals surface area contributed by atoms with Crippen molar-refractivity contribution in [2.75, 3.05) is 6.61 Å². The molecule has 0 bridgehead atoms. The molecule has 1 amide bonds. The minimum Gasteiger partial charge on any atom is -0.478 e. The van der Waals surface area contributed by atoms with Crippen LogP contribution in [0.5, 0.6) is 0 Å². The highest BCUT2D eigenvalue weighted by Crippen LogP contribution is 2.35. The summed E-state index contributed by atoms with van der Waals surface area (Å²) >= 11 is 0. The first-order valence-electron chi connectivity index (χ1n) is 6.42. The fourth-order valence-electron chi connectivity index (χ4n) is 1.93. The Kier molecular flexibility index (Phi) is 5.68. The lowest BCUT2D eigenvalue weighted by Gasteiger charge is -2.41. The van der Waals surface area contributed by atoms with Gasteiger partial charge in [0.25, 0.3) is 0 Å². The molecule has 102 valence electrons. The molecule has 1 saturated carbocycles. The molecule has 2 N–H and O–H groups in total. The molecule has 0 spiro atoms. The maximum absolute atomic E-state index is 11.5. The summed E-state index contributed by atoms with van der Waals surface area (Å²) in [5, 5.41) is 11.4. The molecule has 1 rings (SSSR count). The van der Waals surface area contributed by atoms with Crippen molar-refractivity contribution in [2.24, 2.45) is 0 Å². The lowest BCUT2D eigenvalue weighted by Crippen LogP contribution is -2.53. The molecule has 0 aromatic carbocycles. The van der Waals surface area contributed by atoms with Crippen molar-refractivity contribution < 1.29 is 19.4 Å². The molecular weight excluding hydrogens is 234 g/mol. The smallest absolute Gasteiger partial charge is 0.407 e. The number of unbranched alkanes of at least 4 members (excludes halogenated alkanes) is 1. The molecule has 0 aromatic rings. The monoisotopic (exact) mass is 255 g/mol. The quantitative estimate of drug-likeness (QED) is 0.541. The van der Waals surface area contributed by atoms with Crippen molar-refractivity contribution >= 4 is 12.1 Å². The summed E-state index contributed by atoms with van der Waals surface area (Å²) in [5.41, 5.74) is -0.296. The number of carboxylic acid groups (broad SMARTS) is 1. The van der Waals surface area contributed by atoms with Crippen LogP contribution in [0.3, 0.4) is 0 Å². The summed E-state index contributed by atoms with van der Waals surface area (Å²) in [7, 11) is 0. The second-order valence-corrected chi connectivity index (χ2v) is 4.69. The molecule has 1 aliphatic carbocycles. The molecular formula is C13H21NO4. The molecule has 0 saturated heterocycles. The largest absolute Gasteiger partial charge is 0.478 e. The van der Waals surface area contributed by atoms with Crippen LogP contribution in [0.4, 0.5) is 4.79 Å². The third kappa shape index (κ3) is 4.77. The summed E-state index contributed by atoms with van der Waals surface area (Å²) < 4.78 is 5.05. The van der Waals surface area contributed by atoms with Crippen LogP contribution in [0, 0.1) is 0 Å². The van der Waals surface area contributed by atoms with E-state index in [2.05, 4.69) is 5.32 Å². The van der Waals surface area contributed by atoms with Gasteiger partial charge in [0.15, 0.2) is 0 Å². The number of carbonyl (C=O) groups is 2. The van der Waals surface area contributed by atoms with Gasteiger partial charge >= 0.3 is 12.1 Å². The zero-order valence-corrected chi connectivity index (χ0v) is 10.8. The Morgan fingerprint density at radius 3 is 2.67 bits per heavy atom. The third-order valence-electron chi connectivity index (χ3n) is 3.18. The summed E-state index contributed by atoms with van der Waals surface area (Å²) in [6.45, 7) is 2.47. The average molecular weight is 255 g/mol. The fourth-order valence-corrected chi connectivity index (χ4v) is 1.93. The lowest BCUT2D eigenvalue weighted by atomic mass is 9.74. The van der Waals surface area contributed by atoms with Crippen molar-refractivity contribution in [3.8, 4) is 0 Å². The first-order valence-corrected chi connectivity index (χ1v) is 6.42. The predicted octanol–water partition coefficient (Wildman–Crippen LogP) is 2.47. The van der Waals surface area contributed by atoms with Gasteiger partial charge in [-0.3, -0.25) is 0 Å². The molecule has 0 heterocycles. The molecule has 5 heteroatoms. The van der Waals surface area contributed by atoms with E-state index >= 15 is 0 Å². The maximum atomic E-state index is 11.5. The van der Waals surface area contributed by atoms with E-state index in [1.807, 2.05) is 6.92 Å². The highest BCUT2D eigenvalue weighted by molar-refractivity contribution is 5.79. The van der Waals surface area contributed by atoms with E-state index < -0.39 is 12.1 Å². The number of nitrogens with one attached hydrogen (secondary N) is 1. The minimum absolute atomic E-state index is 0.296. The van der Waals surface area contributed by atoms with E-state index in [1.54, 1.807) is 6.08 Å². The highest BCUT2D eigenvalue weighted by atomic mass is 16.5. The van der Waals surface area contributed by atoms with Crippen molar-refractivity contribution in [3.05, 3.63) is 12.2 Å². The van der Waals surface area contributed by atoms with Gasteiger partial charge in [-0.1, -0.05) is 19.4 Å². The van der Waals surface area contributed by atoms with E-state index in [4.69, 9.17) is 9.84 Å². The Hall–Kier alpha value is -1.52. The molecule has 0 radical (unpaired) electrons. The Labute approximate surface area is 107 Å². The van der Waals surface area contributed by atoms with Gasteiger partial charge in [-0.05, 0) is 32.1 Å². The average Bonchev–Trinajstić information content (AvgIpc) is 2.25. The zero-order valence-electron chi connectivity index (χ0n) is 10.8. The number of hydrogen-bond donors (Lipinski definition) is 2. The van der Waals surface area contributed by atoms with Gasteiger partial charge in [0.1, 0.15) is 0 Å². The van der Waals surface area contributed by atoms with Gasteiger partial charge in [-0.25, -0.2) is 9.59 Å². The van der Waals surface area contributed by atoms with Gasteiger partial charge < -0.3 is 15.2 Å². The highest BCUT2D eigenvalue weighted by Gasteiger charge is 2.37. The molecule has 0 aromatic heterocycles. The number of hydrogen-bond acceptors (Lipinski definition) is 3. The number of rotatable bonds is 7. The summed E-state index contributed by atoms with van der Waals surface area (Å²) in [6, 6.07) is 0. The van der Waals surface area contributed by atoms with Gasteiger partial charge in [-0.2, -0.15) is 0 Å². The number of ether oxygens (including phenoxy) is 1. The van der Waals surface area contributed by atoms with E-state index in [1.165, 1.54) is 0 Å². The topological polar surface area (TPSA) is 75.6 Å². The fraction of sp³-hybridized carbons (Fsp3) is 0.692. The van der Waals surface area contributed by atoms with Crippen molar-refractivity contribution in [3.63, 3.8) is 0 Å². The lowest BCUT2D eigenvalue weighted by molar-refractivity contribution is -0.131. The molecule has 1 aliphatic rings. The van der Waals surface area contributed by atoms with Crippen LogP contribution in [-0.2, 0) is 9.53 Å². The maximum Gasteiger partial charge on any atom is 0.407 e. The van der Waals surface area contributed by atoms with Crippen LogP contribution in [0.2, 0.25) is 0 Å². The molecule has 18 heavy (non-hydrogen) atoms. The number of carbonyl (C=O) groups excluding carboxylic acids is 1. The van der Waals surface area contributed by atoms with Crippen molar-refractivity contribution in [1.29, 1.82) is 0 Å². The van der Waals surface area contributed by atoms with Crippen LogP contribution < -0.4 is 5.32 Å². The second kappa shape index (κ2) is 7.03. The molecule has 1 fully saturated rings. The third-order valence-corrected chi connectivity index (χ3v) is 3.18. The van der Waals surface area contributed by atoms with E-state index in [0.717, 1.165) is 38.2 Å². The zero-order chi connectivity index (χ0) is 13.4. The molecule has 0 aliphatic heterocycles. The minimum atomic E-state index is -0.963. The summed E-state index contributed by atoms with van der Waals surface area (Å²) in [4.78, 5) is 21.9. The first-order chi connectivity index (χ1) is 8.58. The normalized spacial score (nSPS) is 17.2. The Bertz CT molecular complexity index is 321. The van der Waals surface area contributed by atoms with E-state index in [0.29, 0.717) is 13.0 Å². The van der Waals surface area contributed by atoms with Crippen LogP contribution in [0.15, 0.2) is 12.2 Å². The molecule has 0 unspecified atom stereocenters. The van der Waals surface area contributed by atoms with Crippen LogP contribution in [-0.4, -0.2) is 29.3 Å². The van der Waals surface area contributed by atoms with Crippen LogP contribution in [0.25, 0.3) is 0 Å². The SMILES string of the molecule is CCCCOC(=O)NC1(CC=CC(=O)O)CCC1. The van der Waals surface area contributed by atoms with E-state index in [-0.39, 0.29) is 5.54 Å². The summed E-state index contributed by atoms with van der Waals surface area (Å²) in [5.74, 6) is -0.963. The number of carboxylic acids is 1. The van der Waals surface area contributed by atoms with Gasteiger partial charge in [-0.15, -0.1) is 0 Å². The number of alkyl carbamates (subject to hydrolysis) is 1. The molecule has 5 nitrogen and oxygen atoms in total. The van der Waals surface area contributed by atoms with Crippen molar-refractivity contribution in [1.82, 2.24) is 5.32 Å². The first kappa shape index (κ1) is 14.5. The standard InChI is InChI=1S/C13H21NO4/c1-2-3-10-18-12(17)14-13(8-5-9-13)7-4-6-11(15)16/h4,6H,2-3,5,7-10H2,1H3,(H,14,17)(H,15,16). The predicted molar refractivity (Wildman–Crippen MR) is 67.4 cm³/mol. The van der Waals surface area contributed by atoms with Gasteiger partial charge in [0, 0.05) is 11.6 Å². The molecule has 0 atom stereocenters. The van der Waals surface area contributed by atoms with E-state index in [9.17, 15) is 9.59 Å². The van der Waals surface area contributed by atoms with Crippen molar-refractivity contribution in [2.45, 2.75) is 51.0 Å². The number of amides is 1. The van der Waals surface area contributed by atoms with Gasteiger partial charge in [0.05, 0.1) is 6.61 Å². The Morgan fingerprint density at radius 2 is 2.17 bits per heavy atom. The number of aliphatic carboxylic acids is 1. The van der Waals surface area contributed by atoms with Crippen LogP contribution in [0.1, 0.15) is 45.4 Å². The Balaban J connectivity index is 2.35.